The summed E-state index contributed by atoms with van der Waals surface area (Å²) in [6, 6.07) is 0. The summed E-state index contributed by atoms with van der Waals surface area (Å²) in [6.07, 6.45) is 77.6. The smallest absolute Gasteiger partial charge is 0.306 e. The Bertz CT molecular complexity index is 1340. The summed E-state index contributed by atoms with van der Waals surface area (Å²) < 4.78 is 16.9. The standard InChI is InChI=1S/C66H116O6/c1-4-7-10-13-16-19-22-24-26-28-30-32-33-34-36-37-39-41-44-47-50-53-56-59-65(68)71-62-63(61-70-64(67)58-55-52-49-46-43-21-18-15-12-9-6-3)72-66(69)60-57-54-51-48-45-42-40-38-35-31-29-27-25-23-20-17-14-11-8-5-2/h7,10,15-16,18-19,24,26,30,32,34,36,63H,4-6,8-9,11-14,17,20-23,25,27-29,31,33,35,37-62H2,1-3H3/b10-7-,18-15-,19-16-,26-24-,32-30-,36-34-. The lowest BCUT2D eigenvalue weighted by Gasteiger charge is -2.18. The molecule has 0 heterocycles. The van der Waals surface area contributed by atoms with Crippen LogP contribution in [-0.4, -0.2) is 37.2 Å². The minimum atomic E-state index is -0.782. The average Bonchev–Trinajstić information content (AvgIpc) is 3.38. The molecule has 0 aromatic rings. The molecule has 1 atom stereocenters. The Morgan fingerprint density at radius 2 is 0.556 bits per heavy atom. The highest BCUT2D eigenvalue weighted by Crippen LogP contribution is 2.17. The first-order valence-corrected chi connectivity index (χ1v) is 30.9. The van der Waals surface area contributed by atoms with Crippen LogP contribution < -0.4 is 0 Å². The van der Waals surface area contributed by atoms with Crippen LogP contribution in [0.2, 0.25) is 0 Å². The highest BCUT2D eigenvalue weighted by Gasteiger charge is 2.19. The van der Waals surface area contributed by atoms with Crippen LogP contribution in [0.3, 0.4) is 0 Å². The zero-order valence-corrected chi connectivity index (χ0v) is 47.7. The van der Waals surface area contributed by atoms with E-state index in [-0.39, 0.29) is 31.1 Å². The second-order valence-electron chi connectivity index (χ2n) is 20.6. The monoisotopic (exact) mass is 1000 g/mol. The Labute approximate surface area is 446 Å². The topological polar surface area (TPSA) is 78.9 Å². The lowest BCUT2D eigenvalue weighted by molar-refractivity contribution is -0.167. The first-order chi connectivity index (χ1) is 35.5. The van der Waals surface area contributed by atoms with Gasteiger partial charge in [0.2, 0.25) is 0 Å². The van der Waals surface area contributed by atoms with Gasteiger partial charge >= 0.3 is 17.9 Å². The molecule has 72 heavy (non-hydrogen) atoms. The number of unbranched alkanes of at least 4 members (excludes halogenated alkanes) is 33. The number of esters is 3. The predicted molar refractivity (Wildman–Crippen MR) is 311 cm³/mol. The first-order valence-electron chi connectivity index (χ1n) is 30.9. The normalized spacial score (nSPS) is 12.5. The van der Waals surface area contributed by atoms with Crippen LogP contribution in [0.25, 0.3) is 0 Å². The van der Waals surface area contributed by atoms with E-state index in [2.05, 4.69) is 93.7 Å². The number of hydrogen-bond acceptors (Lipinski definition) is 6. The molecule has 0 rings (SSSR count). The fourth-order valence-electron chi connectivity index (χ4n) is 8.81. The van der Waals surface area contributed by atoms with E-state index in [0.717, 1.165) is 103 Å². The first kappa shape index (κ1) is 68.8. The van der Waals surface area contributed by atoms with E-state index in [1.54, 1.807) is 0 Å². The highest BCUT2D eigenvalue weighted by molar-refractivity contribution is 5.71. The van der Waals surface area contributed by atoms with Crippen LogP contribution in [0.5, 0.6) is 0 Å². The van der Waals surface area contributed by atoms with E-state index >= 15 is 0 Å². The molecule has 416 valence electrons. The van der Waals surface area contributed by atoms with Gasteiger partial charge in [-0.2, -0.15) is 0 Å². The van der Waals surface area contributed by atoms with Crippen molar-refractivity contribution >= 4 is 17.9 Å². The van der Waals surface area contributed by atoms with Crippen molar-refractivity contribution in [3.63, 3.8) is 0 Å². The molecule has 0 saturated carbocycles. The molecule has 0 N–H and O–H groups in total. The number of carbonyl (C=O) groups is 3. The Kier molecular flexibility index (Phi) is 57.8. The van der Waals surface area contributed by atoms with Crippen molar-refractivity contribution in [1.29, 1.82) is 0 Å². The molecule has 0 aromatic heterocycles. The van der Waals surface area contributed by atoms with Gasteiger partial charge in [0.05, 0.1) is 0 Å². The maximum absolute atomic E-state index is 12.9. The van der Waals surface area contributed by atoms with Gasteiger partial charge in [0.25, 0.3) is 0 Å². The van der Waals surface area contributed by atoms with Gasteiger partial charge in [-0.05, 0) is 83.5 Å². The van der Waals surface area contributed by atoms with Crippen molar-refractivity contribution in [2.45, 2.75) is 316 Å². The van der Waals surface area contributed by atoms with Gasteiger partial charge in [-0.25, -0.2) is 0 Å². The Morgan fingerprint density at radius 3 is 0.903 bits per heavy atom. The SMILES string of the molecule is CC/C=C\C/C=C\C/C=C\C/C=C\C/C=C\CCCCCCCCCC(=O)OCC(COC(=O)CCCCCCC/C=C\CCCC)OC(=O)CCCCCCCCCCCCCCCCCCCCCC. The summed E-state index contributed by atoms with van der Waals surface area (Å²) in [6.45, 7) is 6.51. The second kappa shape index (κ2) is 60.4. The molecular weight excluding hydrogens is 889 g/mol. The average molecular weight is 1010 g/mol. The molecule has 0 aromatic carbocycles. The van der Waals surface area contributed by atoms with Gasteiger partial charge in [-0.3, -0.25) is 14.4 Å². The zero-order chi connectivity index (χ0) is 52.2. The van der Waals surface area contributed by atoms with Gasteiger partial charge in [0.15, 0.2) is 6.10 Å². The van der Waals surface area contributed by atoms with Crippen LogP contribution in [0, 0.1) is 0 Å². The molecule has 0 bridgehead atoms. The van der Waals surface area contributed by atoms with E-state index < -0.39 is 6.10 Å². The Morgan fingerprint density at radius 1 is 0.292 bits per heavy atom. The predicted octanol–water partition coefficient (Wildman–Crippen LogP) is 20.9. The van der Waals surface area contributed by atoms with Crippen LogP contribution in [0.4, 0.5) is 0 Å². The molecule has 0 aliphatic rings. The van der Waals surface area contributed by atoms with E-state index in [4.69, 9.17) is 14.2 Å². The molecule has 0 spiro atoms. The van der Waals surface area contributed by atoms with Crippen molar-refractivity contribution in [2.75, 3.05) is 13.2 Å². The third kappa shape index (κ3) is 57.7. The molecule has 0 saturated heterocycles. The third-order valence-electron chi connectivity index (χ3n) is 13.4. The van der Waals surface area contributed by atoms with Gasteiger partial charge in [-0.1, -0.05) is 280 Å². The fourth-order valence-corrected chi connectivity index (χ4v) is 8.81. The minimum absolute atomic E-state index is 0.0808. The highest BCUT2D eigenvalue weighted by atomic mass is 16.6. The summed E-state index contributed by atoms with van der Waals surface area (Å²) in [5, 5.41) is 0. The lowest BCUT2D eigenvalue weighted by Crippen LogP contribution is -2.30. The molecule has 0 aliphatic carbocycles. The van der Waals surface area contributed by atoms with E-state index in [9.17, 15) is 14.4 Å². The Hall–Kier alpha value is -3.15. The maximum atomic E-state index is 12.9. The van der Waals surface area contributed by atoms with E-state index in [1.165, 1.54) is 167 Å². The molecule has 0 fully saturated rings. The van der Waals surface area contributed by atoms with Crippen molar-refractivity contribution in [3.8, 4) is 0 Å². The molecule has 1 unspecified atom stereocenters. The Balaban J connectivity index is 4.30. The molecule has 6 nitrogen and oxygen atoms in total. The summed E-state index contributed by atoms with van der Waals surface area (Å²) in [7, 11) is 0. The van der Waals surface area contributed by atoms with Crippen molar-refractivity contribution < 1.29 is 28.6 Å². The van der Waals surface area contributed by atoms with Crippen LogP contribution in [-0.2, 0) is 28.6 Å². The minimum Gasteiger partial charge on any atom is -0.462 e. The number of hydrogen-bond donors (Lipinski definition) is 0. The van der Waals surface area contributed by atoms with Crippen molar-refractivity contribution in [2.24, 2.45) is 0 Å². The summed E-state index contributed by atoms with van der Waals surface area (Å²) in [4.78, 5) is 38.2. The third-order valence-corrected chi connectivity index (χ3v) is 13.4. The fraction of sp³-hybridized carbons (Fsp3) is 0.773. The van der Waals surface area contributed by atoms with Crippen LogP contribution in [0.1, 0.15) is 310 Å². The quantitative estimate of drug-likeness (QED) is 0.0261. The second-order valence-corrected chi connectivity index (χ2v) is 20.6. The van der Waals surface area contributed by atoms with Gasteiger partial charge in [0.1, 0.15) is 13.2 Å². The van der Waals surface area contributed by atoms with Crippen molar-refractivity contribution in [3.05, 3.63) is 72.9 Å². The maximum Gasteiger partial charge on any atom is 0.306 e. The molecule has 0 aliphatic heterocycles. The number of rotatable bonds is 56. The largest absolute Gasteiger partial charge is 0.462 e. The summed E-state index contributed by atoms with van der Waals surface area (Å²) in [5.41, 5.74) is 0. The number of carbonyl (C=O) groups excluding carboxylic acids is 3. The summed E-state index contributed by atoms with van der Waals surface area (Å²) in [5.74, 6) is -0.887. The molecular formula is C66H116O6. The van der Waals surface area contributed by atoms with E-state index in [1.807, 2.05) is 0 Å². The van der Waals surface area contributed by atoms with Crippen LogP contribution in [0.15, 0.2) is 72.9 Å². The van der Waals surface area contributed by atoms with Crippen LogP contribution >= 0.6 is 0 Å². The zero-order valence-electron chi connectivity index (χ0n) is 47.7. The lowest BCUT2D eigenvalue weighted by atomic mass is 10.0. The summed E-state index contributed by atoms with van der Waals surface area (Å²) >= 11 is 0. The molecule has 6 heteroatoms. The van der Waals surface area contributed by atoms with Gasteiger partial charge < -0.3 is 14.2 Å². The van der Waals surface area contributed by atoms with E-state index in [0.29, 0.717) is 19.3 Å². The van der Waals surface area contributed by atoms with Gasteiger partial charge in [0, 0.05) is 19.3 Å². The molecule has 0 amide bonds. The molecule has 0 radical (unpaired) electrons. The van der Waals surface area contributed by atoms with Gasteiger partial charge in [-0.15, -0.1) is 0 Å². The van der Waals surface area contributed by atoms with Crippen molar-refractivity contribution in [1.82, 2.24) is 0 Å². The number of allylic oxidation sites excluding steroid dienone is 12. The number of ether oxygens (including phenoxy) is 3.